The first-order chi connectivity index (χ1) is 16.0. The number of benzene rings is 1. The Morgan fingerprint density at radius 2 is 1.88 bits per heavy atom. The maximum absolute atomic E-state index is 13.1. The first-order valence-corrected chi connectivity index (χ1v) is 10.8. The highest BCUT2D eigenvalue weighted by Crippen LogP contribution is 2.30. The summed E-state index contributed by atoms with van der Waals surface area (Å²) < 4.78 is 16.6. The number of aryl methyl sites for hydroxylation is 1. The van der Waals surface area contributed by atoms with E-state index in [-0.39, 0.29) is 17.5 Å². The third kappa shape index (κ3) is 5.97. The van der Waals surface area contributed by atoms with Crippen molar-refractivity contribution in [1.29, 1.82) is 0 Å². The van der Waals surface area contributed by atoms with Gasteiger partial charge in [0.05, 0.1) is 19.9 Å². The third-order valence-electron chi connectivity index (χ3n) is 5.61. The molecule has 0 radical (unpaired) electrons. The van der Waals surface area contributed by atoms with Gasteiger partial charge in [0.15, 0.2) is 5.76 Å². The molecule has 2 aromatic rings. The second-order valence-corrected chi connectivity index (χ2v) is 7.72. The number of ether oxygens (including phenoxy) is 3. The molecule has 0 saturated carbocycles. The van der Waals surface area contributed by atoms with E-state index in [4.69, 9.17) is 14.2 Å². The predicted octanol–water partition coefficient (Wildman–Crippen LogP) is 4.04. The third-order valence-corrected chi connectivity index (χ3v) is 5.61. The molecule has 33 heavy (non-hydrogen) atoms. The summed E-state index contributed by atoms with van der Waals surface area (Å²) in [7, 11) is 3.15. The number of aromatic nitrogens is 2. The number of methoxy groups -OCH3 is 2. The summed E-state index contributed by atoms with van der Waals surface area (Å²) in [5, 5.41) is 8.52. The van der Waals surface area contributed by atoms with Crippen LogP contribution in [0.4, 0.5) is 0 Å². The highest BCUT2D eigenvalue weighted by molar-refractivity contribution is 5.94. The highest BCUT2D eigenvalue weighted by atomic mass is 16.5. The van der Waals surface area contributed by atoms with Crippen molar-refractivity contribution in [2.24, 2.45) is 4.99 Å². The van der Waals surface area contributed by atoms with Crippen LogP contribution in [0.3, 0.4) is 0 Å². The molecule has 8 heteroatoms. The average Bonchev–Trinajstić information content (AvgIpc) is 2.85. The van der Waals surface area contributed by atoms with Gasteiger partial charge in [0.25, 0.3) is 5.91 Å². The largest absolute Gasteiger partial charge is 0.495 e. The van der Waals surface area contributed by atoms with Crippen LogP contribution in [0.5, 0.6) is 11.5 Å². The number of carbonyl (C=O) groups excluding carboxylic acids is 1. The highest BCUT2D eigenvalue weighted by Gasteiger charge is 2.27. The van der Waals surface area contributed by atoms with Crippen LogP contribution in [-0.4, -0.2) is 55.0 Å². The normalized spacial score (nSPS) is 15.5. The molecule has 0 N–H and O–H groups in total. The second kappa shape index (κ2) is 11.3. The minimum absolute atomic E-state index is 0.196. The van der Waals surface area contributed by atoms with Crippen molar-refractivity contribution in [2.75, 3.05) is 27.3 Å². The van der Waals surface area contributed by atoms with Crippen LogP contribution >= 0.6 is 0 Å². The SMILES string of the molecule is C=N/C(=C\C(OC)=C(/C)Oc1ccccc1)C(=O)N1CCC(c2cc(OC)c(C)nn2)CC1. The quantitative estimate of drug-likeness (QED) is 0.261. The number of para-hydroxylation sites is 1. The van der Waals surface area contributed by atoms with Crippen molar-refractivity contribution >= 4 is 12.6 Å². The number of rotatable bonds is 8. The van der Waals surface area contributed by atoms with E-state index < -0.39 is 0 Å². The first-order valence-electron chi connectivity index (χ1n) is 10.8. The Morgan fingerprint density at radius 3 is 2.48 bits per heavy atom. The Labute approximate surface area is 194 Å². The zero-order chi connectivity index (χ0) is 23.8. The van der Waals surface area contributed by atoms with Crippen molar-refractivity contribution in [3.8, 4) is 11.5 Å². The van der Waals surface area contributed by atoms with Crippen molar-refractivity contribution in [3.05, 3.63) is 71.1 Å². The lowest BCUT2D eigenvalue weighted by Crippen LogP contribution is -2.38. The lowest BCUT2D eigenvalue weighted by Gasteiger charge is -2.31. The lowest BCUT2D eigenvalue weighted by atomic mass is 9.93. The van der Waals surface area contributed by atoms with Crippen LogP contribution < -0.4 is 9.47 Å². The van der Waals surface area contributed by atoms with Crippen LogP contribution in [0.1, 0.15) is 37.1 Å². The molecule has 1 aliphatic rings. The minimum Gasteiger partial charge on any atom is -0.495 e. The van der Waals surface area contributed by atoms with E-state index in [9.17, 15) is 4.79 Å². The number of amides is 1. The Bertz CT molecular complexity index is 1040. The van der Waals surface area contributed by atoms with E-state index in [1.807, 2.05) is 43.3 Å². The zero-order valence-electron chi connectivity index (χ0n) is 19.6. The van der Waals surface area contributed by atoms with Crippen molar-refractivity contribution in [2.45, 2.75) is 32.6 Å². The summed E-state index contributed by atoms with van der Waals surface area (Å²) in [5.74, 6) is 2.35. The number of hydrogen-bond acceptors (Lipinski definition) is 7. The summed E-state index contributed by atoms with van der Waals surface area (Å²) in [6.07, 6.45) is 3.12. The maximum atomic E-state index is 13.1. The molecule has 174 valence electrons. The molecule has 1 saturated heterocycles. The summed E-state index contributed by atoms with van der Waals surface area (Å²) in [4.78, 5) is 18.8. The van der Waals surface area contributed by atoms with Gasteiger partial charge in [-0.05, 0) is 45.5 Å². The molecule has 8 nitrogen and oxygen atoms in total. The van der Waals surface area contributed by atoms with Crippen LogP contribution in [0.15, 0.2) is 64.7 Å². The van der Waals surface area contributed by atoms with E-state index in [0.717, 1.165) is 30.0 Å². The van der Waals surface area contributed by atoms with Gasteiger partial charge in [-0.1, -0.05) is 18.2 Å². The Hall–Kier alpha value is -3.68. The number of allylic oxidation sites excluding steroid dienone is 2. The molecule has 0 atom stereocenters. The summed E-state index contributed by atoms with van der Waals surface area (Å²) in [6.45, 7) is 8.38. The van der Waals surface area contributed by atoms with Gasteiger partial charge in [-0.15, -0.1) is 0 Å². The standard InChI is InChI=1S/C25H30N4O4/c1-17-23(31-4)15-21(28-27-17)19-11-13-29(14-12-19)25(30)22(26-3)16-24(32-5)18(2)33-20-9-7-6-8-10-20/h6-10,15-16,19H,3,11-14H2,1-2,4-5H3/b22-16-,24-18-. The zero-order valence-corrected chi connectivity index (χ0v) is 19.6. The number of piperidine rings is 1. The van der Waals surface area contributed by atoms with Gasteiger partial charge in [0.1, 0.15) is 28.6 Å². The number of likely N-dealkylation sites (tertiary alicyclic amines) is 1. The predicted molar refractivity (Wildman–Crippen MR) is 126 cm³/mol. The van der Waals surface area contributed by atoms with Crippen LogP contribution in [0.25, 0.3) is 0 Å². The monoisotopic (exact) mass is 450 g/mol. The first kappa shape index (κ1) is 24.0. The van der Waals surface area contributed by atoms with E-state index >= 15 is 0 Å². The number of carbonyl (C=O) groups is 1. The van der Waals surface area contributed by atoms with E-state index in [1.165, 1.54) is 7.11 Å². The fourth-order valence-electron chi connectivity index (χ4n) is 3.72. The Kier molecular flexibility index (Phi) is 8.18. The van der Waals surface area contributed by atoms with Gasteiger partial charge in [-0.25, -0.2) is 0 Å². The summed E-state index contributed by atoms with van der Waals surface area (Å²) >= 11 is 0. The Morgan fingerprint density at radius 1 is 1.18 bits per heavy atom. The molecule has 0 spiro atoms. The summed E-state index contributed by atoms with van der Waals surface area (Å²) in [6, 6.07) is 11.3. The van der Waals surface area contributed by atoms with Gasteiger partial charge < -0.3 is 19.1 Å². The van der Waals surface area contributed by atoms with Crippen LogP contribution in [0, 0.1) is 6.92 Å². The molecule has 2 heterocycles. The molecule has 1 fully saturated rings. The maximum Gasteiger partial charge on any atom is 0.272 e. The summed E-state index contributed by atoms with van der Waals surface area (Å²) in [5.41, 5.74) is 1.85. The molecule has 0 unspecified atom stereocenters. The molecule has 0 bridgehead atoms. The molecule has 1 aromatic heterocycles. The molecule has 1 aromatic carbocycles. The van der Waals surface area contributed by atoms with Crippen molar-refractivity contribution < 1.29 is 19.0 Å². The van der Waals surface area contributed by atoms with Crippen molar-refractivity contribution in [3.63, 3.8) is 0 Å². The van der Waals surface area contributed by atoms with Crippen molar-refractivity contribution in [1.82, 2.24) is 15.1 Å². The van der Waals surface area contributed by atoms with Gasteiger partial charge in [-0.3, -0.25) is 9.79 Å². The van der Waals surface area contributed by atoms with Crippen LogP contribution in [-0.2, 0) is 9.53 Å². The van der Waals surface area contributed by atoms with Crippen LogP contribution in [0.2, 0.25) is 0 Å². The van der Waals surface area contributed by atoms with Gasteiger partial charge >= 0.3 is 0 Å². The molecule has 1 amide bonds. The van der Waals surface area contributed by atoms with E-state index in [2.05, 4.69) is 21.9 Å². The number of nitrogens with zero attached hydrogens (tertiary/aromatic N) is 4. The lowest BCUT2D eigenvalue weighted by molar-refractivity contribution is -0.128. The molecular formula is C25H30N4O4. The van der Waals surface area contributed by atoms with Gasteiger partial charge in [0.2, 0.25) is 0 Å². The molecule has 0 aliphatic carbocycles. The minimum atomic E-state index is -0.196. The fraction of sp³-hybridized carbons (Fsp3) is 0.360. The smallest absolute Gasteiger partial charge is 0.272 e. The fourth-order valence-corrected chi connectivity index (χ4v) is 3.72. The number of hydrogen-bond donors (Lipinski definition) is 0. The molecule has 3 rings (SSSR count). The van der Waals surface area contributed by atoms with E-state index in [1.54, 1.807) is 25.0 Å². The van der Waals surface area contributed by atoms with E-state index in [0.29, 0.717) is 30.4 Å². The topological polar surface area (TPSA) is 86.1 Å². The van der Waals surface area contributed by atoms with Gasteiger partial charge in [0, 0.05) is 31.1 Å². The second-order valence-electron chi connectivity index (χ2n) is 7.72. The Balaban J connectivity index is 1.69. The number of aliphatic imine (C=N–C) groups is 1. The molecular weight excluding hydrogens is 420 g/mol. The molecule has 1 aliphatic heterocycles. The van der Waals surface area contributed by atoms with Gasteiger partial charge in [-0.2, -0.15) is 10.2 Å². The average molecular weight is 451 g/mol.